The monoisotopic (exact) mass is 1370 g/mol. The minimum absolute atomic E-state index is 0.0633. The molecule has 5 bridgehead atoms. The number of aliphatic hydroxyl groups excluding tert-OH is 3. The van der Waals surface area contributed by atoms with Gasteiger partial charge >= 0.3 is 0 Å². The summed E-state index contributed by atoms with van der Waals surface area (Å²) < 4.78 is 36.0. The number of benzene rings is 2. The summed E-state index contributed by atoms with van der Waals surface area (Å²) in [5.41, 5.74) is 3.43. The highest BCUT2D eigenvalue weighted by atomic mass is 32.2. The van der Waals surface area contributed by atoms with E-state index < -0.39 is 233 Å². The average Bonchev–Trinajstić information content (AvgIpc) is 1.70. The Hall–Kier alpha value is -9.71. The third kappa shape index (κ3) is 18.2. The summed E-state index contributed by atoms with van der Waals surface area (Å²) in [6.45, 7) is 6.21. The summed E-state index contributed by atoms with van der Waals surface area (Å²) >= 11 is 0. The zero-order valence-corrected chi connectivity index (χ0v) is 55.1. The van der Waals surface area contributed by atoms with Crippen LogP contribution in [0.2, 0.25) is 0 Å². The van der Waals surface area contributed by atoms with Crippen LogP contribution in [0.3, 0.4) is 0 Å². The summed E-state index contributed by atoms with van der Waals surface area (Å²) in [4.78, 5) is 197. The predicted molar refractivity (Wildman–Crippen MR) is 340 cm³/mol. The molecule has 2 saturated heterocycles. The predicted octanol–water partition coefficient (Wildman–Crippen LogP) is -5.30. The Balaban J connectivity index is 1.33. The SMILES string of the molecule is CC[C@H](C)[C@@H]1NC(=O)CNC(=O)CNC(=O)[C@H]([C@@H](C)[C@@H](O)CO)NC(=O)[C@@H]2C[C@@H](O)CN2C2(Cc3ccc(NC(=O)[C@H](C)NC(=O)[C@@H](NC(=O)CCN4C(=O)C=CC4=O)C(C)C)cc3)Oc3ccc4c(C)c([nH]c4c3)S(=O)(=O)C[C@H](NC(=O)CNC1=O)C(=O)N[C@@H](CC(N)=O)C2=O. The van der Waals surface area contributed by atoms with E-state index in [9.17, 15) is 81.3 Å². The number of aromatic nitrogens is 1. The molecular weight excluding hydrogens is 1290 g/mol. The maximum atomic E-state index is 16.4. The van der Waals surface area contributed by atoms with Crippen molar-refractivity contribution in [3.8, 4) is 5.75 Å². The first-order valence-corrected chi connectivity index (χ1v) is 33.0. The quantitative estimate of drug-likeness (QED) is 0.0529. The van der Waals surface area contributed by atoms with Crippen molar-refractivity contribution in [2.75, 3.05) is 50.4 Å². The van der Waals surface area contributed by atoms with Crippen molar-refractivity contribution in [3.05, 3.63) is 65.7 Å². The van der Waals surface area contributed by atoms with Crippen LogP contribution in [0, 0.1) is 24.7 Å². The van der Waals surface area contributed by atoms with Crippen molar-refractivity contribution in [1.82, 2.24) is 62.6 Å². The van der Waals surface area contributed by atoms with Gasteiger partial charge in [0.15, 0.2) is 9.84 Å². The standard InChI is InChI=1S/C62H82N14O20S/c1-8-30(4)52-58(91)66-25-47(83)69-41-28-97(94,95)61-31(5)38-14-13-37(20-39(38)71-61)96-62(54(87)40(21-44(63)80)70-56(41)89,76-26-36(78)19-42(76)57(90)74-53(32(6)43(79)27-77)59(92)65-23-46(82)64-24-48(84)73-52)22-34-9-11-35(12-10-34)68-55(88)33(7)67-60(93)51(29(2)3)72-45(81)17-18-75-49(85)15-16-50(75)86/h9-16,20,29-30,32-33,36,40-43,51-53,71,77-79H,8,17-19,21-28H2,1-7H3,(H2,63,80)(H,64,82)(H,65,92)(H,66,91)(H,67,93)(H,68,88)(H,69,83)(H,70,89)(H,72,81)(H,73,84)(H,74,90)/t30-,32-,33-,36+,40-,41-,42-,43-,51-,52-,53-,62?/m0/s1. The Morgan fingerprint density at radius 3 is 2.03 bits per heavy atom. The van der Waals surface area contributed by atoms with E-state index in [0.29, 0.717) is 0 Å². The first-order chi connectivity index (χ1) is 45.7. The number of nitrogens with zero attached hydrogens (tertiary/aromatic N) is 2. The molecule has 5 heterocycles. The molecule has 526 valence electrons. The molecule has 4 aliphatic heterocycles. The van der Waals surface area contributed by atoms with Crippen LogP contribution >= 0.6 is 0 Å². The number of primary amides is 1. The van der Waals surface area contributed by atoms with Gasteiger partial charge in [-0.2, -0.15) is 0 Å². The summed E-state index contributed by atoms with van der Waals surface area (Å²) in [6, 6.07) is -2.21. The molecule has 0 aliphatic carbocycles. The number of fused-ring (bicyclic) bond motifs is 9. The van der Waals surface area contributed by atoms with Crippen molar-refractivity contribution in [2.45, 2.75) is 146 Å². The molecule has 3 aromatic rings. The van der Waals surface area contributed by atoms with Crippen LogP contribution in [0.1, 0.15) is 78.4 Å². The van der Waals surface area contributed by atoms with Gasteiger partial charge in [-0.05, 0) is 67.5 Å². The Labute approximate surface area is 556 Å². The number of carbonyl (C=O) groups is 14. The van der Waals surface area contributed by atoms with E-state index in [-0.39, 0.29) is 52.9 Å². The molecule has 34 nitrogen and oxygen atoms in total. The molecule has 12 atom stereocenters. The molecule has 13 amide bonds. The number of imide groups is 1. The minimum Gasteiger partial charge on any atom is -0.465 e. The number of aliphatic hydroxyl groups is 3. The van der Waals surface area contributed by atoms with Gasteiger partial charge in [0.05, 0.1) is 62.2 Å². The van der Waals surface area contributed by atoms with E-state index in [2.05, 4.69) is 58.2 Å². The van der Waals surface area contributed by atoms with E-state index in [0.717, 1.165) is 22.0 Å². The van der Waals surface area contributed by atoms with Gasteiger partial charge in [-0.1, -0.05) is 53.2 Å². The lowest BCUT2D eigenvalue weighted by atomic mass is 9.89. The lowest BCUT2D eigenvalue weighted by molar-refractivity contribution is -0.164. The fraction of sp³-hybridized carbons (Fsp3) is 0.516. The number of nitrogens with one attached hydrogen (secondary N) is 11. The summed E-state index contributed by atoms with van der Waals surface area (Å²) in [5, 5.41) is 57.1. The zero-order valence-electron chi connectivity index (χ0n) is 54.3. The van der Waals surface area contributed by atoms with Crippen LogP contribution in [0.5, 0.6) is 5.75 Å². The molecule has 16 N–H and O–H groups in total. The Morgan fingerprint density at radius 2 is 1.40 bits per heavy atom. The molecule has 0 saturated carbocycles. The second-order valence-electron chi connectivity index (χ2n) is 24.8. The van der Waals surface area contributed by atoms with Crippen molar-refractivity contribution < 1.29 is 95.6 Å². The highest BCUT2D eigenvalue weighted by molar-refractivity contribution is 7.91. The first kappa shape index (κ1) is 74.7. The molecule has 1 unspecified atom stereocenters. The van der Waals surface area contributed by atoms with E-state index in [1.54, 1.807) is 27.7 Å². The van der Waals surface area contributed by atoms with Gasteiger partial charge in [0, 0.05) is 61.1 Å². The highest BCUT2D eigenvalue weighted by Crippen LogP contribution is 2.38. The largest absolute Gasteiger partial charge is 0.465 e. The van der Waals surface area contributed by atoms with E-state index in [1.165, 1.54) is 63.2 Å². The number of hydrogen-bond acceptors (Lipinski definition) is 21. The zero-order chi connectivity index (χ0) is 71.5. The summed E-state index contributed by atoms with van der Waals surface area (Å²) in [7, 11) is -4.69. The van der Waals surface area contributed by atoms with E-state index in [4.69, 9.17) is 10.5 Å². The highest BCUT2D eigenvalue weighted by Gasteiger charge is 2.57. The van der Waals surface area contributed by atoms with Gasteiger partial charge in [0.25, 0.3) is 11.8 Å². The number of H-pyrrole nitrogens is 1. The van der Waals surface area contributed by atoms with E-state index in [1.807, 2.05) is 0 Å². The maximum absolute atomic E-state index is 16.4. The Morgan fingerprint density at radius 1 is 0.773 bits per heavy atom. The van der Waals surface area contributed by atoms with Crippen LogP contribution in [0.4, 0.5) is 5.69 Å². The van der Waals surface area contributed by atoms with Gasteiger partial charge in [-0.15, -0.1) is 0 Å². The number of ether oxygens (including phenoxy) is 1. The number of sulfone groups is 1. The van der Waals surface area contributed by atoms with E-state index >= 15 is 9.59 Å². The number of rotatable bonds is 18. The number of Topliss-reactive ketones (excluding diaryl/α,β-unsaturated/α-hetero) is 1. The average molecular weight is 1380 g/mol. The number of nitrogens with two attached hydrogens (primary N) is 1. The van der Waals surface area contributed by atoms with Crippen LogP contribution in [0.25, 0.3) is 10.9 Å². The van der Waals surface area contributed by atoms with Gasteiger partial charge in [-0.25, -0.2) is 13.3 Å². The number of amides is 13. The number of anilines is 1. The second-order valence-corrected chi connectivity index (χ2v) is 26.7. The third-order valence-electron chi connectivity index (χ3n) is 17.2. The number of aromatic amines is 1. The van der Waals surface area contributed by atoms with Crippen molar-refractivity contribution in [1.29, 1.82) is 0 Å². The summed E-state index contributed by atoms with van der Waals surface area (Å²) in [5.74, 6) is -17.5. The van der Waals surface area contributed by atoms with Crippen LogP contribution in [-0.4, -0.2) is 226 Å². The molecule has 0 spiro atoms. The fourth-order valence-electron chi connectivity index (χ4n) is 11.5. The molecule has 0 radical (unpaired) electrons. The Kier molecular flexibility index (Phi) is 24.6. The molecular formula is C62H82N14O20S. The molecule has 7 rings (SSSR count). The smallest absolute Gasteiger partial charge is 0.253 e. The topological polar surface area (TPSA) is 512 Å². The Bertz CT molecular complexity index is 3730. The van der Waals surface area contributed by atoms with Gasteiger partial charge in [-0.3, -0.25) is 72.0 Å². The first-order valence-electron chi connectivity index (χ1n) is 31.3. The molecule has 2 fully saturated rings. The maximum Gasteiger partial charge on any atom is 0.253 e. The number of ketones is 1. The fourth-order valence-corrected chi connectivity index (χ4v) is 13.2. The van der Waals surface area contributed by atoms with Crippen LogP contribution in [0.15, 0.2) is 59.6 Å². The number of carbonyl (C=O) groups excluding carboxylic acids is 14. The van der Waals surface area contributed by atoms with Gasteiger partial charge in [0.2, 0.25) is 76.5 Å². The normalized spacial score (nSPS) is 24.8. The molecule has 4 aliphatic rings. The second kappa shape index (κ2) is 31.9. The lowest BCUT2D eigenvalue weighted by Gasteiger charge is -2.45. The van der Waals surface area contributed by atoms with Crippen LogP contribution in [-0.2, 0) is 83.4 Å². The lowest BCUT2D eigenvalue weighted by Crippen LogP contribution is -2.69. The van der Waals surface area contributed by atoms with Crippen molar-refractivity contribution >= 4 is 109 Å². The third-order valence-corrected chi connectivity index (χ3v) is 19.0. The molecule has 35 heteroatoms. The number of hydrogen-bond donors (Lipinski definition) is 15. The van der Waals surface area contributed by atoms with Gasteiger partial charge < -0.3 is 83.9 Å². The van der Waals surface area contributed by atoms with Crippen LogP contribution < -0.4 is 63.6 Å². The summed E-state index contributed by atoms with van der Waals surface area (Å²) in [6.07, 6.45) is -3.56. The van der Waals surface area contributed by atoms with Crippen molar-refractivity contribution in [3.63, 3.8) is 0 Å². The molecule has 1 aromatic heterocycles. The van der Waals surface area contributed by atoms with Crippen molar-refractivity contribution in [2.24, 2.45) is 23.5 Å². The van der Waals surface area contributed by atoms with Gasteiger partial charge in [0.1, 0.15) is 47.0 Å². The minimum atomic E-state index is -4.69. The number of aryl methyl sites for hydroxylation is 1. The molecule has 97 heavy (non-hydrogen) atoms. The molecule has 2 aromatic carbocycles.